The molecule has 1 N–H and O–H groups in total. The second kappa shape index (κ2) is 8.72. The molecule has 0 spiro atoms. The molecule has 0 radical (unpaired) electrons. The van der Waals surface area contributed by atoms with Crippen molar-refractivity contribution in [2.45, 2.75) is 24.8 Å². The average Bonchev–Trinajstić information content (AvgIpc) is 3.09. The Morgan fingerprint density at radius 3 is 2.63 bits per heavy atom. The first-order valence-corrected chi connectivity index (χ1v) is 10.5. The number of benzene rings is 2. The smallest absolute Gasteiger partial charge is 0.283 e. The third-order valence-electron chi connectivity index (χ3n) is 4.17. The molecule has 0 aliphatic heterocycles. The first-order chi connectivity index (χ1) is 14.2. The van der Waals surface area contributed by atoms with Crippen molar-refractivity contribution in [1.82, 2.24) is 19.7 Å². The number of hydrogen-bond acceptors (Lipinski definition) is 5. The quantitative estimate of drug-likeness (QED) is 0.454. The van der Waals surface area contributed by atoms with E-state index in [0.717, 1.165) is 23.5 Å². The van der Waals surface area contributed by atoms with Crippen LogP contribution < -0.4 is 0 Å². The fraction of sp³-hybridized carbons (Fsp3) is 0.250. The summed E-state index contributed by atoms with van der Waals surface area (Å²) < 4.78 is 44.2. The summed E-state index contributed by atoms with van der Waals surface area (Å²) in [4.78, 5) is 5.47. The van der Waals surface area contributed by atoms with Crippen LogP contribution in [0.1, 0.15) is 22.8 Å². The normalized spacial score (nSPS) is 11.9. The van der Waals surface area contributed by atoms with Gasteiger partial charge in [-0.1, -0.05) is 29.8 Å². The highest BCUT2D eigenvalue weighted by Gasteiger charge is 2.19. The maximum Gasteiger partial charge on any atom is 0.283 e. The van der Waals surface area contributed by atoms with Crippen LogP contribution in [0.25, 0.3) is 5.69 Å². The van der Waals surface area contributed by atoms with Gasteiger partial charge in [0.1, 0.15) is 30.3 Å². The Morgan fingerprint density at radius 1 is 1.23 bits per heavy atom. The predicted molar refractivity (Wildman–Crippen MR) is 111 cm³/mol. The van der Waals surface area contributed by atoms with Crippen LogP contribution in [0.5, 0.6) is 0 Å². The van der Waals surface area contributed by atoms with Gasteiger partial charge in [0.15, 0.2) is 5.82 Å². The van der Waals surface area contributed by atoms with Crippen molar-refractivity contribution < 1.29 is 17.9 Å². The Morgan fingerprint density at radius 2 is 2.00 bits per heavy atom. The molecule has 0 saturated heterocycles. The Kier molecular flexibility index (Phi) is 6.28. The third-order valence-corrected chi connectivity index (χ3v) is 5.39. The largest absolute Gasteiger partial charge is 0.388 e. The zero-order valence-electron chi connectivity index (χ0n) is 16.8. The summed E-state index contributed by atoms with van der Waals surface area (Å²) in [5.74, 6) is -0.231. The molecule has 0 fully saturated rings. The average molecular weight is 431 g/mol. The molecule has 1 aromatic heterocycles. The van der Waals surface area contributed by atoms with Gasteiger partial charge in [-0.05, 0) is 30.7 Å². The Balaban J connectivity index is 2.00. The van der Waals surface area contributed by atoms with Crippen LogP contribution in [0.3, 0.4) is 0 Å². The molecule has 0 aliphatic rings. The summed E-state index contributed by atoms with van der Waals surface area (Å²) in [6.45, 7) is 1.56. The topological polar surface area (TPSA) is 101 Å². The summed E-state index contributed by atoms with van der Waals surface area (Å²) in [6, 6.07) is 11.2. The van der Waals surface area contributed by atoms with Crippen molar-refractivity contribution in [1.29, 1.82) is 0 Å². The first-order valence-electron chi connectivity index (χ1n) is 9.07. The molecule has 10 heteroatoms. The molecule has 0 bridgehead atoms. The lowest BCUT2D eigenvalue weighted by molar-refractivity contribution is 0.271. The number of aromatic nitrogens is 3. The number of aryl methyl sites for hydroxylation is 1. The third kappa shape index (κ3) is 4.89. The van der Waals surface area contributed by atoms with E-state index in [-0.39, 0.29) is 16.4 Å². The maximum absolute atomic E-state index is 14.9. The molecule has 0 atom stereocenters. The van der Waals surface area contributed by atoms with Gasteiger partial charge in [-0.2, -0.15) is 8.42 Å². The minimum Gasteiger partial charge on any atom is -0.388 e. The SMILES string of the molecule is Cc1cccc(Cc2nc(CO)nn2-c2ccc(S(=O)(=O)/N=C/N(C)C)cc2F)c1. The lowest BCUT2D eigenvalue weighted by Gasteiger charge is -2.09. The van der Waals surface area contributed by atoms with Crippen LogP contribution in [-0.4, -0.2) is 53.6 Å². The van der Waals surface area contributed by atoms with Crippen LogP contribution >= 0.6 is 0 Å². The molecule has 8 nitrogen and oxygen atoms in total. The molecule has 2 aromatic carbocycles. The van der Waals surface area contributed by atoms with Gasteiger partial charge in [-0.3, -0.25) is 0 Å². The molecule has 158 valence electrons. The van der Waals surface area contributed by atoms with Crippen molar-refractivity contribution in [3.63, 3.8) is 0 Å². The van der Waals surface area contributed by atoms with Crippen LogP contribution in [0.15, 0.2) is 51.8 Å². The lowest BCUT2D eigenvalue weighted by Crippen LogP contribution is -2.11. The molecule has 30 heavy (non-hydrogen) atoms. The number of aliphatic hydroxyl groups is 1. The van der Waals surface area contributed by atoms with Gasteiger partial charge < -0.3 is 10.0 Å². The van der Waals surface area contributed by atoms with Gasteiger partial charge in [0.25, 0.3) is 10.0 Å². The van der Waals surface area contributed by atoms with Crippen LogP contribution in [-0.2, 0) is 23.1 Å². The van der Waals surface area contributed by atoms with Crippen molar-refractivity contribution in [3.05, 3.63) is 71.1 Å². The van der Waals surface area contributed by atoms with Crippen LogP contribution in [0, 0.1) is 12.7 Å². The number of rotatable bonds is 7. The van der Waals surface area contributed by atoms with Crippen LogP contribution in [0.2, 0.25) is 0 Å². The summed E-state index contributed by atoms with van der Waals surface area (Å²) in [6.07, 6.45) is 1.49. The highest BCUT2D eigenvalue weighted by atomic mass is 32.2. The second-order valence-electron chi connectivity index (χ2n) is 6.95. The first kappa shape index (κ1) is 21.6. The molecular weight excluding hydrogens is 409 g/mol. The van der Waals surface area contributed by atoms with Gasteiger partial charge >= 0.3 is 0 Å². The Bertz CT molecular complexity index is 1190. The molecule has 0 unspecified atom stereocenters. The lowest BCUT2D eigenvalue weighted by atomic mass is 10.1. The van der Waals surface area contributed by atoms with E-state index in [0.29, 0.717) is 12.2 Å². The fourth-order valence-corrected chi connectivity index (χ4v) is 3.73. The van der Waals surface area contributed by atoms with Crippen molar-refractivity contribution in [2.24, 2.45) is 4.40 Å². The van der Waals surface area contributed by atoms with Crippen LogP contribution in [0.4, 0.5) is 4.39 Å². The van der Waals surface area contributed by atoms with Crippen molar-refractivity contribution in [3.8, 4) is 5.69 Å². The zero-order chi connectivity index (χ0) is 21.9. The maximum atomic E-state index is 14.9. The number of halogens is 1. The Hall–Kier alpha value is -3.11. The second-order valence-corrected chi connectivity index (χ2v) is 8.59. The van der Waals surface area contributed by atoms with E-state index in [1.54, 1.807) is 14.1 Å². The molecule has 0 aliphatic carbocycles. The van der Waals surface area contributed by atoms with Crippen molar-refractivity contribution >= 4 is 16.4 Å². The minimum absolute atomic E-state index is 0.0281. The summed E-state index contributed by atoms with van der Waals surface area (Å²) in [5, 5.41) is 13.6. The number of nitrogens with zero attached hydrogens (tertiary/aromatic N) is 5. The monoisotopic (exact) mass is 431 g/mol. The van der Waals surface area contributed by atoms with E-state index in [2.05, 4.69) is 14.5 Å². The van der Waals surface area contributed by atoms with E-state index < -0.39 is 22.4 Å². The summed E-state index contributed by atoms with van der Waals surface area (Å²) in [7, 11) is -0.783. The van der Waals surface area contributed by atoms with Crippen molar-refractivity contribution in [2.75, 3.05) is 14.1 Å². The van der Waals surface area contributed by atoms with E-state index in [1.165, 1.54) is 21.7 Å². The van der Waals surface area contributed by atoms with E-state index >= 15 is 0 Å². The Labute approximate surface area is 174 Å². The molecule has 0 amide bonds. The molecule has 3 aromatic rings. The van der Waals surface area contributed by atoms with Gasteiger partial charge in [0.05, 0.1) is 4.90 Å². The highest BCUT2D eigenvalue weighted by molar-refractivity contribution is 7.90. The highest BCUT2D eigenvalue weighted by Crippen LogP contribution is 2.22. The van der Waals surface area contributed by atoms with E-state index in [1.807, 2.05) is 31.2 Å². The molecule has 1 heterocycles. The van der Waals surface area contributed by atoms with E-state index in [9.17, 15) is 17.9 Å². The summed E-state index contributed by atoms with van der Waals surface area (Å²) in [5.41, 5.74) is 2.05. The molecular formula is C20H22FN5O3S. The molecule has 0 saturated carbocycles. The van der Waals surface area contributed by atoms with Gasteiger partial charge in [0, 0.05) is 20.5 Å². The summed E-state index contributed by atoms with van der Waals surface area (Å²) >= 11 is 0. The van der Waals surface area contributed by atoms with Gasteiger partial charge in [0.2, 0.25) is 0 Å². The number of aliphatic hydroxyl groups excluding tert-OH is 1. The predicted octanol–water partition coefficient (Wildman–Crippen LogP) is 2.08. The number of hydrogen-bond donors (Lipinski definition) is 1. The molecule has 3 rings (SSSR count). The van der Waals surface area contributed by atoms with Gasteiger partial charge in [-0.15, -0.1) is 9.50 Å². The standard InChI is InChI=1S/C20H22FN5O3S/c1-14-5-4-6-15(9-14)10-20-23-19(12-27)24-26(20)18-8-7-16(11-17(18)21)30(28,29)22-13-25(2)3/h4-9,11,13,27H,10,12H2,1-3H3/b22-13+. The fourth-order valence-electron chi connectivity index (χ4n) is 2.81. The zero-order valence-corrected chi connectivity index (χ0v) is 17.6. The van der Waals surface area contributed by atoms with Gasteiger partial charge in [-0.25, -0.2) is 14.1 Å². The number of sulfonamides is 1. The van der Waals surface area contributed by atoms with E-state index in [4.69, 9.17) is 0 Å². The minimum atomic E-state index is -4.04.